The molecule has 0 spiro atoms. The number of anilines is 1. The van der Waals surface area contributed by atoms with Crippen LogP contribution in [0.3, 0.4) is 0 Å². The van der Waals surface area contributed by atoms with E-state index >= 15 is 0 Å². The molecule has 1 aromatic heterocycles. The van der Waals surface area contributed by atoms with Gasteiger partial charge >= 0.3 is 0 Å². The van der Waals surface area contributed by atoms with Crippen LogP contribution in [0.4, 0.5) is 5.82 Å². The lowest BCUT2D eigenvalue weighted by Crippen LogP contribution is -2.35. The van der Waals surface area contributed by atoms with Gasteiger partial charge in [0.15, 0.2) is 0 Å². The molecule has 2 N–H and O–H groups in total. The third kappa shape index (κ3) is 3.42. The summed E-state index contributed by atoms with van der Waals surface area (Å²) in [5, 5.41) is 0. The molecule has 0 unspecified atom stereocenters. The lowest BCUT2D eigenvalue weighted by molar-refractivity contribution is 0.402. The van der Waals surface area contributed by atoms with Crippen LogP contribution in [-0.2, 0) is 13.0 Å². The van der Waals surface area contributed by atoms with Crippen molar-refractivity contribution in [3.63, 3.8) is 0 Å². The molecule has 3 rings (SSSR count). The van der Waals surface area contributed by atoms with Crippen molar-refractivity contribution in [3.8, 4) is 0 Å². The van der Waals surface area contributed by atoms with Crippen LogP contribution in [0.25, 0.3) is 0 Å². The third-order valence-corrected chi connectivity index (χ3v) is 4.37. The summed E-state index contributed by atoms with van der Waals surface area (Å²) in [4.78, 5) is 6.92. The van der Waals surface area contributed by atoms with Crippen molar-refractivity contribution in [2.24, 2.45) is 11.7 Å². The topological polar surface area (TPSA) is 42.1 Å². The van der Waals surface area contributed by atoms with Crippen LogP contribution in [0.2, 0.25) is 0 Å². The molecular formula is C18H23N3. The van der Waals surface area contributed by atoms with E-state index in [1.807, 2.05) is 12.3 Å². The molecular weight excluding hydrogens is 258 g/mol. The molecule has 110 valence electrons. The Morgan fingerprint density at radius 2 is 1.81 bits per heavy atom. The predicted molar refractivity (Wildman–Crippen MR) is 87.2 cm³/mol. The highest BCUT2D eigenvalue weighted by Crippen LogP contribution is 2.26. The van der Waals surface area contributed by atoms with Crippen molar-refractivity contribution in [2.75, 3.05) is 18.0 Å². The SMILES string of the molecule is NCc1cccnc1N1CCC(Cc2ccccc2)CC1. The fourth-order valence-corrected chi connectivity index (χ4v) is 3.17. The maximum atomic E-state index is 5.82. The molecule has 0 saturated carbocycles. The lowest BCUT2D eigenvalue weighted by atomic mass is 9.90. The fraction of sp³-hybridized carbons (Fsp3) is 0.389. The van der Waals surface area contributed by atoms with E-state index in [1.54, 1.807) is 0 Å². The first-order chi connectivity index (χ1) is 10.4. The zero-order chi connectivity index (χ0) is 14.5. The summed E-state index contributed by atoms with van der Waals surface area (Å²) in [5.41, 5.74) is 8.43. The van der Waals surface area contributed by atoms with Gasteiger partial charge in [-0.25, -0.2) is 4.98 Å². The molecule has 2 aromatic rings. The van der Waals surface area contributed by atoms with Crippen molar-refractivity contribution in [1.29, 1.82) is 0 Å². The second-order valence-electron chi connectivity index (χ2n) is 5.81. The number of nitrogens with two attached hydrogens (primary N) is 1. The minimum absolute atomic E-state index is 0.563. The summed E-state index contributed by atoms with van der Waals surface area (Å²) >= 11 is 0. The van der Waals surface area contributed by atoms with E-state index in [9.17, 15) is 0 Å². The number of rotatable bonds is 4. The Balaban J connectivity index is 1.60. The van der Waals surface area contributed by atoms with E-state index in [4.69, 9.17) is 5.73 Å². The van der Waals surface area contributed by atoms with Gasteiger partial charge in [-0.05, 0) is 36.8 Å². The number of hydrogen-bond acceptors (Lipinski definition) is 3. The van der Waals surface area contributed by atoms with Gasteiger partial charge in [0.05, 0.1) is 0 Å². The van der Waals surface area contributed by atoms with Gasteiger partial charge in [-0.15, -0.1) is 0 Å². The molecule has 0 amide bonds. The quantitative estimate of drug-likeness (QED) is 0.936. The molecule has 1 aliphatic heterocycles. The maximum Gasteiger partial charge on any atom is 0.132 e. The molecule has 2 heterocycles. The van der Waals surface area contributed by atoms with E-state index in [0.29, 0.717) is 6.54 Å². The molecule has 1 saturated heterocycles. The monoisotopic (exact) mass is 281 g/mol. The molecule has 0 aliphatic carbocycles. The molecule has 0 radical (unpaired) electrons. The average molecular weight is 281 g/mol. The highest BCUT2D eigenvalue weighted by atomic mass is 15.2. The number of nitrogens with zero attached hydrogens (tertiary/aromatic N) is 2. The van der Waals surface area contributed by atoms with Crippen LogP contribution >= 0.6 is 0 Å². The molecule has 3 heteroatoms. The van der Waals surface area contributed by atoms with E-state index in [1.165, 1.54) is 24.8 Å². The first-order valence-corrected chi connectivity index (χ1v) is 7.79. The summed E-state index contributed by atoms with van der Waals surface area (Å²) in [6.07, 6.45) is 5.52. The standard InChI is InChI=1S/C18H23N3/c19-14-17-7-4-10-20-18(17)21-11-8-16(9-12-21)13-15-5-2-1-3-6-15/h1-7,10,16H,8-9,11-14,19H2. The average Bonchev–Trinajstić information content (AvgIpc) is 2.56. The molecule has 1 fully saturated rings. The Hall–Kier alpha value is -1.87. The van der Waals surface area contributed by atoms with Gasteiger partial charge in [-0.3, -0.25) is 0 Å². The number of hydrogen-bond donors (Lipinski definition) is 1. The van der Waals surface area contributed by atoms with Crippen molar-refractivity contribution < 1.29 is 0 Å². The largest absolute Gasteiger partial charge is 0.356 e. The van der Waals surface area contributed by atoms with Crippen LogP contribution in [0.1, 0.15) is 24.0 Å². The Morgan fingerprint density at radius 1 is 1.05 bits per heavy atom. The van der Waals surface area contributed by atoms with Crippen molar-refractivity contribution >= 4 is 5.82 Å². The molecule has 21 heavy (non-hydrogen) atoms. The Morgan fingerprint density at radius 3 is 2.52 bits per heavy atom. The van der Waals surface area contributed by atoms with Crippen LogP contribution in [0.15, 0.2) is 48.7 Å². The number of benzene rings is 1. The summed E-state index contributed by atoms with van der Waals surface area (Å²) in [5.74, 6) is 1.87. The van der Waals surface area contributed by atoms with E-state index in [-0.39, 0.29) is 0 Å². The summed E-state index contributed by atoms with van der Waals surface area (Å²) in [6, 6.07) is 14.9. The van der Waals surface area contributed by atoms with Gasteiger partial charge < -0.3 is 10.6 Å². The van der Waals surface area contributed by atoms with Crippen LogP contribution < -0.4 is 10.6 Å². The normalized spacial score (nSPS) is 16.1. The summed E-state index contributed by atoms with van der Waals surface area (Å²) in [7, 11) is 0. The number of aromatic nitrogens is 1. The van der Waals surface area contributed by atoms with Gasteiger partial charge in [0.1, 0.15) is 5.82 Å². The molecule has 0 atom stereocenters. The number of pyridine rings is 1. The predicted octanol–water partition coefficient (Wildman–Crippen LogP) is 3.00. The molecule has 0 bridgehead atoms. The second kappa shape index (κ2) is 6.72. The van der Waals surface area contributed by atoms with Crippen molar-refractivity contribution in [3.05, 3.63) is 59.8 Å². The molecule has 1 aliphatic rings. The van der Waals surface area contributed by atoms with Crippen LogP contribution in [-0.4, -0.2) is 18.1 Å². The van der Waals surface area contributed by atoms with E-state index in [0.717, 1.165) is 30.4 Å². The Bertz CT molecular complexity index is 560. The first-order valence-electron chi connectivity index (χ1n) is 7.79. The van der Waals surface area contributed by atoms with Crippen molar-refractivity contribution in [1.82, 2.24) is 4.98 Å². The smallest absolute Gasteiger partial charge is 0.132 e. The third-order valence-electron chi connectivity index (χ3n) is 4.37. The minimum atomic E-state index is 0.563. The highest BCUT2D eigenvalue weighted by Gasteiger charge is 2.21. The van der Waals surface area contributed by atoms with Crippen molar-refractivity contribution in [2.45, 2.75) is 25.8 Å². The summed E-state index contributed by atoms with van der Waals surface area (Å²) in [6.45, 7) is 2.73. The highest BCUT2D eigenvalue weighted by molar-refractivity contribution is 5.47. The minimum Gasteiger partial charge on any atom is -0.356 e. The van der Waals surface area contributed by atoms with Gasteiger partial charge in [0, 0.05) is 31.4 Å². The molecule has 1 aromatic carbocycles. The first kappa shape index (κ1) is 14.1. The zero-order valence-corrected chi connectivity index (χ0v) is 12.4. The van der Waals surface area contributed by atoms with Gasteiger partial charge in [0.2, 0.25) is 0 Å². The van der Waals surface area contributed by atoms with Crippen LogP contribution in [0.5, 0.6) is 0 Å². The number of piperidine rings is 1. The van der Waals surface area contributed by atoms with E-state index < -0.39 is 0 Å². The van der Waals surface area contributed by atoms with Gasteiger partial charge in [-0.2, -0.15) is 0 Å². The Labute approximate surface area is 126 Å². The van der Waals surface area contributed by atoms with Gasteiger partial charge in [-0.1, -0.05) is 36.4 Å². The molecule has 3 nitrogen and oxygen atoms in total. The lowest BCUT2D eigenvalue weighted by Gasteiger charge is -2.33. The maximum absolute atomic E-state index is 5.82. The Kier molecular flexibility index (Phi) is 4.51. The summed E-state index contributed by atoms with van der Waals surface area (Å²) < 4.78 is 0. The van der Waals surface area contributed by atoms with Crippen LogP contribution in [0, 0.1) is 5.92 Å². The fourth-order valence-electron chi connectivity index (χ4n) is 3.17. The van der Waals surface area contributed by atoms with Gasteiger partial charge in [0.25, 0.3) is 0 Å². The van der Waals surface area contributed by atoms with E-state index in [2.05, 4.69) is 46.3 Å². The second-order valence-corrected chi connectivity index (χ2v) is 5.81. The zero-order valence-electron chi connectivity index (χ0n) is 12.4.